The normalized spacial score (nSPS) is 16.8. The summed E-state index contributed by atoms with van der Waals surface area (Å²) >= 11 is 0. The van der Waals surface area contributed by atoms with E-state index in [0.29, 0.717) is 36.8 Å². The number of ketones is 1. The minimum absolute atomic E-state index is 0.0918. The molecule has 5 rings (SSSR count). The van der Waals surface area contributed by atoms with Crippen molar-refractivity contribution in [1.82, 2.24) is 0 Å². The van der Waals surface area contributed by atoms with E-state index in [1.54, 1.807) is 54.6 Å². The smallest absolute Gasteiger partial charge is 0.193 e. The summed E-state index contributed by atoms with van der Waals surface area (Å²) in [5.41, 5.74) is 3.04. The monoisotopic (exact) mass is 582 g/mol. The number of carbonyl (C=O) groups is 1. The fourth-order valence-corrected chi connectivity index (χ4v) is 5.50. The first-order chi connectivity index (χ1) is 20.7. The zero-order chi connectivity index (χ0) is 30.5. The van der Waals surface area contributed by atoms with Crippen LogP contribution in [0.25, 0.3) is 6.08 Å². The number of methoxy groups -OCH3 is 1. The highest BCUT2D eigenvalue weighted by molar-refractivity contribution is 6.11. The first kappa shape index (κ1) is 29.5. The minimum Gasteiger partial charge on any atom is -0.508 e. The molecule has 3 atom stereocenters. The van der Waals surface area contributed by atoms with E-state index in [2.05, 4.69) is 0 Å². The molecule has 0 saturated carbocycles. The van der Waals surface area contributed by atoms with Crippen molar-refractivity contribution in [2.75, 3.05) is 7.11 Å². The summed E-state index contributed by atoms with van der Waals surface area (Å²) in [6, 6.07) is 21.3. The van der Waals surface area contributed by atoms with Crippen molar-refractivity contribution in [3.8, 4) is 34.5 Å². The van der Waals surface area contributed by atoms with Crippen molar-refractivity contribution < 1.29 is 39.8 Å². The lowest BCUT2D eigenvalue weighted by Crippen LogP contribution is -2.24. The van der Waals surface area contributed by atoms with Gasteiger partial charge in [-0.1, -0.05) is 42.5 Å². The van der Waals surface area contributed by atoms with Crippen molar-refractivity contribution >= 4 is 11.9 Å². The highest BCUT2D eigenvalue weighted by Crippen LogP contribution is 2.52. The topological polar surface area (TPSA) is 137 Å². The summed E-state index contributed by atoms with van der Waals surface area (Å²) < 4.78 is 12.0. The van der Waals surface area contributed by atoms with Crippen LogP contribution in [0.5, 0.6) is 34.5 Å². The van der Waals surface area contributed by atoms with E-state index in [-0.39, 0.29) is 46.0 Å². The molecule has 8 nitrogen and oxygen atoms in total. The van der Waals surface area contributed by atoms with Crippen LogP contribution in [0.3, 0.4) is 0 Å². The highest BCUT2D eigenvalue weighted by Gasteiger charge is 2.37. The molecule has 0 bridgehead atoms. The van der Waals surface area contributed by atoms with Crippen molar-refractivity contribution in [3.05, 3.63) is 113 Å². The second kappa shape index (κ2) is 12.9. The number of phenolic OH excluding ortho intramolecular Hbond substituents is 4. The van der Waals surface area contributed by atoms with Crippen LogP contribution in [-0.2, 0) is 6.42 Å². The number of aryl methyl sites for hydroxylation is 1. The average Bonchev–Trinajstić information content (AvgIpc) is 3.00. The zero-order valence-electron chi connectivity index (χ0n) is 23.7. The Morgan fingerprint density at radius 1 is 0.930 bits per heavy atom. The second-order valence-corrected chi connectivity index (χ2v) is 10.7. The molecule has 4 aromatic rings. The molecule has 4 aromatic carbocycles. The van der Waals surface area contributed by atoms with Gasteiger partial charge in [0, 0.05) is 11.6 Å². The van der Waals surface area contributed by atoms with Gasteiger partial charge in [0.15, 0.2) is 5.78 Å². The molecule has 1 aliphatic heterocycles. The van der Waals surface area contributed by atoms with Crippen LogP contribution in [0.4, 0.5) is 0 Å². The number of benzene rings is 4. The first-order valence-electron chi connectivity index (χ1n) is 14.1. The van der Waals surface area contributed by atoms with E-state index in [1.807, 2.05) is 12.1 Å². The number of hydrogen-bond acceptors (Lipinski definition) is 8. The van der Waals surface area contributed by atoms with E-state index in [9.17, 15) is 30.3 Å². The predicted molar refractivity (Wildman–Crippen MR) is 162 cm³/mol. The Morgan fingerprint density at radius 2 is 1.53 bits per heavy atom. The molecule has 8 heteroatoms. The lowest BCUT2D eigenvalue weighted by molar-refractivity contribution is 0.100. The van der Waals surface area contributed by atoms with Gasteiger partial charge in [-0.3, -0.25) is 4.79 Å². The van der Waals surface area contributed by atoms with Crippen LogP contribution < -0.4 is 9.47 Å². The van der Waals surface area contributed by atoms with Crippen molar-refractivity contribution in [2.45, 2.75) is 43.8 Å². The number of ether oxygens (including phenoxy) is 2. The minimum atomic E-state index is -0.722. The van der Waals surface area contributed by atoms with Gasteiger partial charge in [-0.15, -0.1) is 0 Å². The third-order valence-corrected chi connectivity index (χ3v) is 7.74. The van der Waals surface area contributed by atoms with Gasteiger partial charge < -0.3 is 35.0 Å². The summed E-state index contributed by atoms with van der Waals surface area (Å²) in [7, 11) is 1.41. The van der Waals surface area contributed by atoms with Crippen LogP contribution >= 0.6 is 0 Å². The van der Waals surface area contributed by atoms with Gasteiger partial charge in [-0.25, -0.2) is 0 Å². The summed E-state index contributed by atoms with van der Waals surface area (Å²) in [5, 5.41) is 51.2. The number of aliphatic hydroxyl groups excluding tert-OH is 1. The van der Waals surface area contributed by atoms with Gasteiger partial charge in [-0.05, 0) is 90.8 Å². The number of aliphatic hydroxyl groups is 1. The highest BCUT2D eigenvalue weighted by atomic mass is 16.5. The van der Waals surface area contributed by atoms with Gasteiger partial charge in [0.1, 0.15) is 46.2 Å². The lowest BCUT2D eigenvalue weighted by atomic mass is 9.81. The largest absolute Gasteiger partial charge is 0.508 e. The number of carbonyl (C=O) groups excluding carboxylic acids is 1. The Hall–Kier alpha value is -4.95. The Bertz CT molecular complexity index is 1590. The standard InChI is InChI=1S/C35H34O8/c1-42-32-20-30(41)33-24(18-28(39)14-6-21-2-10-25(36)11-3-21)19-31(23-8-15-27(38)16-9-23)43-35(33)34(32)29(40)17-7-22-4-12-26(37)13-5-22/h2-5,7-13,15-17,20,24,28,31,36-39,41H,6,14,18-19H2,1H3/b17-7-/t24-,28+,31-/m1/s1. The quantitative estimate of drug-likeness (QED) is 0.107. The maximum absolute atomic E-state index is 13.7. The average molecular weight is 583 g/mol. The van der Waals surface area contributed by atoms with E-state index < -0.39 is 18.0 Å². The van der Waals surface area contributed by atoms with Gasteiger partial charge in [-0.2, -0.15) is 0 Å². The van der Waals surface area contributed by atoms with E-state index in [1.165, 1.54) is 31.4 Å². The molecule has 0 aliphatic carbocycles. The van der Waals surface area contributed by atoms with E-state index >= 15 is 0 Å². The van der Waals surface area contributed by atoms with Crippen LogP contribution in [0.1, 0.15) is 63.9 Å². The molecule has 0 unspecified atom stereocenters. The van der Waals surface area contributed by atoms with Gasteiger partial charge in [0.05, 0.1) is 13.2 Å². The molecule has 1 aliphatic rings. The van der Waals surface area contributed by atoms with Crippen LogP contribution in [0.2, 0.25) is 0 Å². The van der Waals surface area contributed by atoms with Crippen molar-refractivity contribution in [2.24, 2.45) is 0 Å². The molecular formula is C35H34O8. The first-order valence-corrected chi connectivity index (χ1v) is 14.1. The SMILES string of the molecule is COc1cc(O)c2c(c1C(=O)/C=C\c1ccc(O)cc1)O[C@@H](c1ccc(O)cc1)C[C@H]2C[C@@H](O)CCc1ccc(O)cc1. The molecule has 0 fully saturated rings. The number of fused-ring (bicyclic) bond motifs is 1. The number of aromatic hydroxyl groups is 4. The maximum Gasteiger partial charge on any atom is 0.193 e. The Kier molecular flexibility index (Phi) is 8.87. The summed E-state index contributed by atoms with van der Waals surface area (Å²) in [4.78, 5) is 13.7. The molecule has 43 heavy (non-hydrogen) atoms. The summed E-state index contributed by atoms with van der Waals surface area (Å²) in [5.74, 6) is -0.122. The van der Waals surface area contributed by atoms with E-state index in [4.69, 9.17) is 9.47 Å². The Labute approximate surface area is 249 Å². The fraction of sp³-hybridized carbons (Fsp3) is 0.229. The fourth-order valence-electron chi connectivity index (χ4n) is 5.50. The van der Waals surface area contributed by atoms with Crippen molar-refractivity contribution in [1.29, 1.82) is 0 Å². The Balaban J connectivity index is 1.50. The van der Waals surface area contributed by atoms with Gasteiger partial charge >= 0.3 is 0 Å². The molecular weight excluding hydrogens is 548 g/mol. The van der Waals surface area contributed by atoms with Crippen molar-refractivity contribution in [3.63, 3.8) is 0 Å². The number of allylic oxidation sites excluding steroid dienone is 1. The molecule has 1 heterocycles. The second-order valence-electron chi connectivity index (χ2n) is 10.7. The Morgan fingerprint density at radius 3 is 2.16 bits per heavy atom. The molecule has 0 spiro atoms. The van der Waals surface area contributed by atoms with E-state index in [0.717, 1.165) is 11.1 Å². The zero-order valence-corrected chi connectivity index (χ0v) is 23.7. The number of phenols is 4. The number of rotatable bonds is 10. The van der Waals surface area contributed by atoms with Gasteiger partial charge in [0.25, 0.3) is 0 Å². The van der Waals surface area contributed by atoms with Crippen LogP contribution in [0.15, 0.2) is 84.9 Å². The summed E-state index contributed by atoms with van der Waals surface area (Å²) in [6.45, 7) is 0. The number of hydrogen-bond donors (Lipinski definition) is 5. The van der Waals surface area contributed by atoms with Gasteiger partial charge in [0.2, 0.25) is 0 Å². The van der Waals surface area contributed by atoms with Crippen LogP contribution in [0, 0.1) is 0 Å². The third-order valence-electron chi connectivity index (χ3n) is 7.74. The third kappa shape index (κ3) is 6.93. The molecule has 0 saturated heterocycles. The molecule has 5 N–H and O–H groups in total. The molecule has 222 valence electrons. The predicted octanol–water partition coefficient (Wildman–Crippen LogP) is 6.40. The molecule has 0 aromatic heterocycles. The summed E-state index contributed by atoms with van der Waals surface area (Å²) in [6.07, 6.45) is 3.53. The molecule has 0 amide bonds. The maximum atomic E-state index is 13.7. The van der Waals surface area contributed by atoms with Crippen LogP contribution in [-0.4, -0.2) is 44.5 Å². The molecule has 0 radical (unpaired) electrons. The lowest BCUT2D eigenvalue weighted by Gasteiger charge is -2.35.